The summed E-state index contributed by atoms with van der Waals surface area (Å²) < 4.78 is 15.2. The molecule has 0 amide bonds. The van der Waals surface area contributed by atoms with Gasteiger partial charge in [-0.1, -0.05) is 12.1 Å². The van der Waals surface area contributed by atoms with Gasteiger partial charge < -0.3 is 10.6 Å². The highest BCUT2D eigenvalue weighted by atomic mass is 19.1. The maximum absolute atomic E-state index is 13.3. The summed E-state index contributed by atoms with van der Waals surface area (Å²) in [6, 6.07) is 6.75. The molecule has 0 saturated carbocycles. The molecule has 0 saturated heterocycles. The Morgan fingerprint density at radius 3 is 2.76 bits per heavy atom. The zero-order valence-electron chi connectivity index (χ0n) is 13.1. The quantitative estimate of drug-likeness (QED) is 0.920. The zero-order valence-corrected chi connectivity index (χ0v) is 13.1. The number of rotatable bonds is 5. The van der Waals surface area contributed by atoms with Gasteiger partial charge in [-0.05, 0) is 38.0 Å². The number of nitrogens with zero attached hydrogens (tertiary/aromatic N) is 3. The third kappa shape index (κ3) is 3.61. The fourth-order valence-corrected chi connectivity index (χ4v) is 2.71. The summed E-state index contributed by atoms with van der Waals surface area (Å²) in [5, 5.41) is 4.49. The van der Waals surface area contributed by atoms with Crippen LogP contribution < -0.4 is 10.6 Å². The van der Waals surface area contributed by atoms with Crippen LogP contribution in [0.4, 0.5) is 10.2 Å². The van der Waals surface area contributed by atoms with Crippen LogP contribution >= 0.6 is 0 Å². The minimum Gasteiger partial charge on any atom is -0.355 e. The lowest BCUT2D eigenvalue weighted by Gasteiger charge is -2.22. The van der Waals surface area contributed by atoms with Crippen molar-refractivity contribution >= 4 is 5.82 Å². The second kappa shape index (κ2) is 6.26. The molecule has 1 aromatic heterocycles. The van der Waals surface area contributed by atoms with Gasteiger partial charge in [-0.15, -0.1) is 0 Å². The first kappa shape index (κ1) is 15.5. The zero-order chi connectivity index (χ0) is 15.6. The smallest absolute Gasteiger partial charge is 0.130 e. The molecule has 5 heteroatoms. The Kier molecular flexibility index (Phi) is 4.63. The normalized spacial score (nSPS) is 12.5. The van der Waals surface area contributed by atoms with E-state index in [0.717, 1.165) is 29.1 Å². The minimum atomic E-state index is -0.210. The van der Waals surface area contributed by atoms with Gasteiger partial charge >= 0.3 is 0 Å². The molecule has 0 aliphatic carbocycles. The minimum absolute atomic E-state index is 0.0780. The number of aromatic nitrogens is 2. The van der Waals surface area contributed by atoms with Gasteiger partial charge in [0.1, 0.15) is 11.6 Å². The molecule has 1 heterocycles. The van der Waals surface area contributed by atoms with Crippen LogP contribution in [0.3, 0.4) is 0 Å². The number of hydrogen-bond acceptors (Lipinski definition) is 3. The second-order valence-corrected chi connectivity index (χ2v) is 5.68. The fourth-order valence-electron chi connectivity index (χ4n) is 2.71. The number of benzene rings is 1. The van der Waals surface area contributed by atoms with Gasteiger partial charge in [-0.2, -0.15) is 5.10 Å². The Labute approximate surface area is 125 Å². The van der Waals surface area contributed by atoms with E-state index in [-0.39, 0.29) is 11.9 Å². The van der Waals surface area contributed by atoms with Crippen molar-refractivity contribution in [1.82, 2.24) is 9.78 Å². The number of anilines is 1. The molecule has 1 aromatic carbocycles. The lowest BCUT2D eigenvalue weighted by atomic mass is 10.1. The average Bonchev–Trinajstić information content (AvgIpc) is 2.63. The molecule has 0 radical (unpaired) electrons. The summed E-state index contributed by atoms with van der Waals surface area (Å²) in [6.07, 6.45) is 0.780. The fraction of sp³-hybridized carbons (Fsp3) is 0.438. The number of halogens is 1. The molecule has 1 unspecified atom stereocenters. The van der Waals surface area contributed by atoms with Gasteiger partial charge in [0, 0.05) is 32.2 Å². The monoisotopic (exact) mass is 290 g/mol. The third-order valence-electron chi connectivity index (χ3n) is 3.51. The standard InChI is InChI=1S/C16H23FN4/c1-11(18)8-15-12(2)19-21(4)16(15)20(3)10-13-6-5-7-14(17)9-13/h5-7,9,11H,8,10,18H2,1-4H3. The summed E-state index contributed by atoms with van der Waals surface area (Å²) in [5.74, 6) is 0.826. The van der Waals surface area contributed by atoms with Crippen LogP contribution in [0.15, 0.2) is 24.3 Å². The van der Waals surface area contributed by atoms with Crippen molar-refractivity contribution < 1.29 is 4.39 Å². The van der Waals surface area contributed by atoms with Crippen molar-refractivity contribution in [3.63, 3.8) is 0 Å². The highest BCUT2D eigenvalue weighted by Crippen LogP contribution is 2.25. The Bertz CT molecular complexity index is 619. The van der Waals surface area contributed by atoms with Gasteiger partial charge in [0.15, 0.2) is 0 Å². The van der Waals surface area contributed by atoms with E-state index in [1.807, 2.05) is 38.7 Å². The van der Waals surface area contributed by atoms with Crippen molar-refractivity contribution in [2.75, 3.05) is 11.9 Å². The first-order valence-electron chi connectivity index (χ1n) is 7.12. The molecule has 2 N–H and O–H groups in total. The summed E-state index contributed by atoms with van der Waals surface area (Å²) in [6.45, 7) is 4.61. The second-order valence-electron chi connectivity index (χ2n) is 5.68. The van der Waals surface area contributed by atoms with Gasteiger partial charge in [-0.3, -0.25) is 4.68 Å². The van der Waals surface area contributed by atoms with E-state index < -0.39 is 0 Å². The van der Waals surface area contributed by atoms with Crippen LogP contribution in [0, 0.1) is 12.7 Å². The lowest BCUT2D eigenvalue weighted by molar-refractivity contribution is 0.624. The Morgan fingerprint density at radius 1 is 1.43 bits per heavy atom. The van der Waals surface area contributed by atoms with Crippen LogP contribution in [0.5, 0.6) is 0 Å². The predicted molar refractivity (Wildman–Crippen MR) is 83.8 cm³/mol. The lowest BCUT2D eigenvalue weighted by Crippen LogP contribution is -2.23. The summed E-state index contributed by atoms with van der Waals surface area (Å²) >= 11 is 0. The molecule has 21 heavy (non-hydrogen) atoms. The van der Waals surface area contributed by atoms with Crippen molar-refractivity contribution in [2.24, 2.45) is 12.8 Å². The highest BCUT2D eigenvalue weighted by molar-refractivity contribution is 5.50. The van der Waals surface area contributed by atoms with Gasteiger partial charge in [0.2, 0.25) is 0 Å². The van der Waals surface area contributed by atoms with Crippen LogP contribution in [0.25, 0.3) is 0 Å². The molecule has 114 valence electrons. The Morgan fingerprint density at radius 2 is 2.14 bits per heavy atom. The van der Waals surface area contributed by atoms with Crippen molar-refractivity contribution in [1.29, 1.82) is 0 Å². The van der Waals surface area contributed by atoms with Crippen LogP contribution in [-0.4, -0.2) is 22.9 Å². The first-order chi connectivity index (χ1) is 9.88. The maximum atomic E-state index is 13.3. The molecule has 0 aliphatic heterocycles. The molecule has 0 aliphatic rings. The van der Waals surface area contributed by atoms with Crippen molar-refractivity contribution in [2.45, 2.75) is 32.9 Å². The largest absolute Gasteiger partial charge is 0.355 e. The molecule has 2 aromatic rings. The summed E-state index contributed by atoms with van der Waals surface area (Å²) in [4.78, 5) is 2.09. The van der Waals surface area contributed by atoms with E-state index >= 15 is 0 Å². The van der Waals surface area contributed by atoms with Gasteiger partial charge in [0.05, 0.1) is 5.69 Å². The van der Waals surface area contributed by atoms with E-state index in [4.69, 9.17) is 5.73 Å². The highest BCUT2D eigenvalue weighted by Gasteiger charge is 2.18. The molecule has 4 nitrogen and oxygen atoms in total. The topological polar surface area (TPSA) is 47.1 Å². The van der Waals surface area contributed by atoms with Gasteiger partial charge in [0.25, 0.3) is 0 Å². The first-order valence-corrected chi connectivity index (χ1v) is 7.12. The average molecular weight is 290 g/mol. The molecule has 0 bridgehead atoms. The third-order valence-corrected chi connectivity index (χ3v) is 3.51. The van der Waals surface area contributed by atoms with Crippen molar-refractivity contribution in [3.05, 3.63) is 46.9 Å². The van der Waals surface area contributed by atoms with Crippen LogP contribution in [0.2, 0.25) is 0 Å². The molecule has 1 atom stereocenters. The summed E-state index contributed by atoms with van der Waals surface area (Å²) in [5.41, 5.74) is 9.03. The van der Waals surface area contributed by atoms with E-state index in [2.05, 4.69) is 10.00 Å². The van der Waals surface area contributed by atoms with Crippen LogP contribution in [0.1, 0.15) is 23.7 Å². The maximum Gasteiger partial charge on any atom is 0.130 e. The number of hydrogen-bond donors (Lipinski definition) is 1. The Balaban J connectivity index is 2.28. The van der Waals surface area contributed by atoms with E-state index in [1.54, 1.807) is 12.1 Å². The van der Waals surface area contributed by atoms with E-state index in [1.165, 1.54) is 6.07 Å². The molecule has 0 spiro atoms. The van der Waals surface area contributed by atoms with Gasteiger partial charge in [-0.25, -0.2) is 4.39 Å². The van der Waals surface area contributed by atoms with E-state index in [0.29, 0.717) is 6.54 Å². The van der Waals surface area contributed by atoms with Crippen molar-refractivity contribution in [3.8, 4) is 0 Å². The molecular formula is C16H23FN4. The molecular weight excluding hydrogens is 267 g/mol. The number of aryl methyl sites for hydroxylation is 2. The number of nitrogens with two attached hydrogens (primary N) is 1. The van der Waals surface area contributed by atoms with E-state index in [9.17, 15) is 4.39 Å². The SMILES string of the molecule is Cc1nn(C)c(N(C)Cc2cccc(F)c2)c1CC(C)N. The van der Waals surface area contributed by atoms with Crippen LogP contribution in [-0.2, 0) is 20.0 Å². The molecule has 2 rings (SSSR count). The predicted octanol–water partition coefficient (Wildman–Crippen LogP) is 2.39. The Hall–Kier alpha value is -1.88. The molecule has 0 fully saturated rings. The summed E-state index contributed by atoms with van der Waals surface area (Å²) in [7, 11) is 3.92.